The van der Waals surface area contributed by atoms with Gasteiger partial charge in [0, 0.05) is 26.2 Å². The highest BCUT2D eigenvalue weighted by molar-refractivity contribution is 5.83. The third kappa shape index (κ3) is 2.02. The standard InChI is InChI=1S/C14H19N3O/c15-13(10-4-2-1-3-5-10)14(18)17-8-11-6-16-7-12(11)9-17/h1-5,11-13,16H,6-9,15H2/t11-,12+,13?. The molecule has 3 N–H and O–H groups in total. The zero-order valence-electron chi connectivity index (χ0n) is 10.4. The molecule has 4 heteroatoms. The molecule has 2 aliphatic rings. The van der Waals surface area contributed by atoms with E-state index in [-0.39, 0.29) is 5.91 Å². The third-order valence-electron chi connectivity index (χ3n) is 4.13. The van der Waals surface area contributed by atoms with Crippen molar-refractivity contribution in [1.82, 2.24) is 10.2 Å². The number of carbonyl (C=O) groups is 1. The van der Waals surface area contributed by atoms with Gasteiger partial charge in [-0.1, -0.05) is 30.3 Å². The van der Waals surface area contributed by atoms with Crippen LogP contribution in [0.4, 0.5) is 0 Å². The molecule has 0 spiro atoms. The Bertz CT molecular complexity index is 422. The van der Waals surface area contributed by atoms with Crippen LogP contribution in [0.1, 0.15) is 11.6 Å². The SMILES string of the molecule is NC(C(=O)N1C[C@H]2CNC[C@H]2C1)c1ccccc1. The third-order valence-corrected chi connectivity index (χ3v) is 4.13. The van der Waals surface area contributed by atoms with E-state index in [1.807, 2.05) is 35.2 Å². The monoisotopic (exact) mass is 245 g/mol. The van der Waals surface area contributed by atoms with E-state index < -0.39 is 6.04 Å². The highest BCUT2D eigenvalue weighted by Crippen LogP contribution is 2.28. The molecular weight excluding hydrogens is 226 g/mol. The number of hydrogen-bond acceptors (Lipinski definition) is 3. The lowest BCUT2D eigenvalue weighted by Crippen LogP contribution is -2.38. The van der Waals surface area contributed by atoms with Crippen molar-refractivity contribution < 1.29 is 4.79 Å². The van der Waals surface area contributed by atoms with E-state index in [0.717, 1.165) is 31.7 Å². The van der Waals surface area contributed by atoms with Gasteiger partial charge < -0.3 is 16.0 Å². The molecule has 0 bridgehead atoms. The Morgan fingerprint density at radius 1 is 1.22 bits per heavy atom. The number of hydrogen-bond donors (Lipinski definition) is 2. The van der Waals surface area contributed by atoms with Crippen LogP contribution in [0, 0.1) is 11.8 Å². The maximum absolute atomic E-state index is 12.4. The number of likely N-dealkylation sites (tertiary alicyclic amines) is 1. The molecular formula is C14H19N3O. The number of nitrogens with zero attached hydrogens (tertiary/aromatic N) is 1. The van der Waals surface area contributed by atoms with Crippen LogP contribution in [0.2, 0.25) is 0 Å². The lowest BCUT2D eigenvalue weighted by atomic mass is 10.0. The molecule has 1 amide bonds. The topological polar surface area (TPSA) is 58.4 Å². The second-order valence-corrected chi connectivity index (χ2v) is 5.31. The minimum absolute atomic E-state index is 0.0654. The Hall–Kier alpha value is -1.39. The first-order valence-corrected chi connectivity index (χ1v) is 6.55. The molecule has 1 unspecified atom stereocenters. The van der Waals surface area contributed by atoms with E-state index in [1.54, 1.807) is 0 Å². The molecule has 0 aromatic heterocycles. The van der Waals surface area contributed by atoms with Crippen molar-refractivity contribution in [3.8, 4) is 0 Å². The van der Waals surface area contributed by atoms with Gasteiger partial charge in [-0.05, 0) is 17.4 Å². The predicted octanol–water partition coefficient (Wildman–Crippen LogP) is 0.364. The van der Waals surface area contributed by atoms with Crippen LogP contribution in [0.25, 0.3) is 0 Å². The van der Waals surface area contributed by atoms with Crippen LogP contribution in [0.15, 0.2) is 30.3 Å². The number of fused-ring (bicyclic) bond motifs is 1. The largest absolute Gasteiger partial charge is 0.340 e. The summed E-state index contributed by atoms with van der Waals surface area (Å²) in [5, 5.41) is 3.38. The zero-order chi connectivity index (χ0) is 12.5. The van der Waals surface area contributed by atoms with Crippen molar-refractivity contribution >= 4 is 5.91 Å². The van der Waals surface area contributed by atoms with Gasteiger partial charge in [0.25, 0.3) is 0 Å². The van der Waals surface area contributed by atoms with Crippen molar-refractivity contribution in [2.45, 2.75) is 6.04 Å². The molecule has 3 rings (SSSR count). The summed E-state index contributed by atoms with van der Waals surface area (Å²) in [5.41, 5.74) is 6.96. The average Bonchev–Trinajstić information content (AvgIpc) is 2.99. The fraction of sp³-hybridized carbons (Fsp3) is 0.500. The van der Waals surface area contributed by atoms with Gasteiger partial charge in [0.05, 0.1) is 0 Å². The van der Waals surface area contributed by atoms with Gasteiger partial charge >= 0.3 is 0 Å². The quantitative estimate of drug-likeness (QED) is 0.791. The number of carbonyl (C=O) groups excluding carboxylic acids is 1. The van der Waals surface area contributed by atoms with Gasteiger partial charge in [0.2, 0.25) is 5.91 Å². The van der Waals surface area contributed by atoms with Crippen LogP contribution in [-0.4, -0.2) is 37.0 Å². The predicted molar refractivity (Wildman–Crippen MR) is 69.8 cm³/mol. The fourth-order valence-electron chi connectivity index (χ4n) is 3.03. The van der Waals surface area contributed by atoms with Gasteiger partial charge in [0.1, 0.15) is 6.04 Å². The van der Waals surface area contributed by atoms with E-state index in [4.69, 9.17) is 5.73 Å². The van der Waals surface area contributed by atoms with Crippen molar-refractivity contribution in [1.29, 1.82) is 0 Å². The number of nitrogens with two attached hydrogens (primary N) is 1. The summed E-state index contributed by atoms with van der Waals surface area (Å²) in [4.78, 5) is 14.3. The van der Waals surface area contributed by atoms with E-state index in [2.05, 4.69) is 5.32 Å². The lowest BCUT2D eigenvalue weighted by molar-refractivity contribution is -0.132. The molecule has 2 fully saturated rings. The molecule has 1 aromatic rings. The molecule has 2 heterocycles. The Morgan fingerprint density at radius 3 is 2.44 bits per heavy atom. The Morgan fingerprint density at radius 2 is 1.83 bits per heavy atom. The molecule has 18 heavy (non-hydrogen) atoms. The lowest BCUT2D eigenvalue weighted by Gasteiger charge is -2.22. The second kappa shape index (κ2) is 4.71. The maximum Gasteiger partial charge on any atom is 0.244 e. The molecule has 4 nitrogen and oxygen atoms in total. The van der Waals surface area contributed by atoms with Crippen LogP contribution in [-0.2, 0) is 4.79 Å². The molecule has 0 saturated carbocycles. The van der Waals surface area contributed by atoms with Gasteiger partial charge in [-0.3, -0.25) is 4.79 Å². The molecule has 96 valence electrons. The summed E-state index contributed by atoms with van der Waals surface area (Å²) in [5.74, 6) is 1.31. The van der Waals surface area contributed by atoms with Crippen LogP contribution < -0.4 is 11.1 Å². The number of benzene rings is 1. The minimum Gasteiger partial charge on any atom is -0.340 e. The van der Waals surface area contributed by atoms with E-state index in [0.29, 0.717) is 11.8 Å². The van der Waals surface area contributed by atoms with Gasteiger partial charge in [-0.15, -0.1) is 0 Å². The van der Waals surface area contributed by atoms with E-state index in [9.17, 15) is 4.79 Å². The average molecular weight is 245 g/mol. The molecule has 1 aromatic carbocycles. The first kappa shape index (κ1) is 11.7. The van der Waals surface area contributed by atoms with E-state index in [1.165, 1.54) is 0 Å². The molecule has 0 radical (unpaired) electrons. The van der Waals surface area contributed by atoms with Gasteiger partial charge in [0.15, 0.2) is 0 Å². The first-order valence-electron chi connectivity index (χ1n) is 6.55. The number of rotatable bonds is 2. The Kier molecular flexibility index (Phi) is 3.06. The summed E-state index contributed by atoms with van der Waals surface area (Å²) in [6.45, 7) is 3.79. The summed E-state index contributed by atoms with van der Waals surface area (Å²) in [6, 6.07) is 9.10. The van der Waals surface area contributed by atoms with Crippen LogP contribution in [0.5, 0.6) is 0 Å². The first-order chi connectivity index (χ1) is 8.75. The van der Waals surface area contributed by atoms with Crippen LogP contribution >= 0.6 is 0 Å². The highest BCUT2D eigenvalue weighted by Gasteiger charge is 2.39. The molecule has 0 aliphatic carbocycles. The highest BCUT2D eigenvalue weighted by atomic mass is 16.2. The molecule has 3 atom stereocenters. The van der Waals surface area contributed by atoms with Gasteiger partial charge in [-0.25, -0.2) is 0 Å². The summed E-state index contributed by atoms with van der Waals surface area (Å²) in [6.07, 6.45) is 0. The summed E-state index contributed by atoms with van der Waals surface area (Å²) >= 11 is 0. The second-order valence-electron chi connectivity index (χ2n) is 5.31. The zero-order valence-corrected chi connectivity index (χ0v) is 10.4. The van der Waals surface area contributed by atoms with Crippen molar-refractivity contribution in [3.63, 3.8) is 0 Å². The smallest absolute Gasteiger partial charge is 0.244 e. The number of amides is 1. The maximum atomic E-state index is 12.4. The van der Waals surface area contributed by atoms with Crippen molar-refractivity contribution in [2.24, 2.45) is 17.6 Å². The van der Waals surface area contributed by atoms with Crippen molar-refractivity contribution in [3.05, 3.63) is 35.9 Å². The minimum atomic E-state index is -0.516. The molecule has 2 aliphatic heterocycles. The summed E-state index contributed by atoms with van der Waals surface area (Å²) < 4.78 is 0. The normalized spacial score (nSPS) is 28.2. The Balaban J connectivity index is 1.68. The fourth-order valence-corrected chi connectivity index (χ4v) is 3.03. The number of nitrogens with one attached hydrogen (secondary N) is 1. The van der Waals surface area contributed by atoms with Crippen LogP contribution in [0.3, 0.4) is 0 Å². The van der Waals surface area contributed by atoms with Crippen molar-refractivity contribution in [2.75, 3.05) is 26.2 Å². The molecule has 2 saturated heterocycles. The summed E-state index contributed by atoms with van der Waals surface area (Å²) in [7, 11) is 0. The Labute approximate surface area is 107 Å². The van der Waals surface area contributed by atoms with E-state index >= 15 is 0 Å². The van der Waals surface area contributed by atoms with Gasteiger partial charge in [-0.2, -0.15) is 0 Å².